The molecule has 0 bridgehead atoms. The van der Waals surface area contributed by atoms with Crippen LogP contribution in [0.4, 0.5) is 23.7 Å². The van der Waals surface area contributed by atoms with Gasteiger partial charge in [0.15, 0.2) is 0 Å². The van der Waals surface area contributed by atoms with Crippen LogP contribution in [0.1, 0.15) is 24.0 Å². The number of nitrogens with one attached hydrogen (secondary N) is 2. The average Bonchev–Trinajstić information content (AvgIpc) is 3.42. The summed E-state index contributed by atoms with van der Waals surface area (Å²) in [5.41, 5.74) is -0.442. The Bertz CT molecular complexity index is 834. The second-order valence-electron chi connectivity index (χ2n) is 6.50. The number of carbonyl (C=O) groups excluding carboxylic acids is 1. The zero-order chi connectivity index (χ0) is 19.7. The molecule has 1 saturated carbocycles. The lowest BCUT2D eigenvalue weighted by Gasteiger charge is -2.18. The van der Waals surface area contributed by atoms with Crippen LogP contribution in [0.3, 0.4) is 0 Å². The minimum Gasteiger partial charge on any atom is -0.497 e. The van der Waals surface area contributed by atoms with Crippen LogP contribution in [0, 0.1) is 0 Å². The number of hydrogen-bond acceptors (Lipinski definition) is 2. The third kappa shape index (κ3) is 4.47. The number of hydrogen-bond donors (Lipinski definition) is 2. The topological polar surface area (TPSA) is 50.4 Å². The maximum absolute atomic E-state index is 13.1. The maximum atomic E-state index is 13.1. The predicted molar refractivity (Wildman–Crippen MR) is 97.4 cm³/mol. The molecule has 0 heterocycles. The standard InChI is InChI=1S/C19H18ClF3N2O2/c1-27-14-5-2-12(3-6-14)18(8-9-18)11-24-17(26)25-16-7-4-13(20)10-15(16)19(21,22)23/h2-7,10H,8-9,11H2,1H3,(H2,24,25,26). The Balaban J connectivity index is 1.65. The molecular formula is C19H18ClF3N2O2. The summed E-state index contributed by atoms with van der Waals surface area (Å²) in [7, 11) is 1.58. The summed E-state index contributed by atoms with van der Waals surface area (Å²) in [5.74, 6) is 0.739. The minimum absolute atomic E-state index is 0.0512. The van der Waals surface area contributed by atoms with Gasteiger partial charge in [-0.3, -0.25) is 0 Å². The molecule has 0 aliphatic heterocycles. The molecule has 0 unspecified atom stereocenters. The minimum atomic E-state index is -4.62. The van der Waals surface area contributed by atoms with Crippen molar-refractivity contribution in [3.63, 3.8) is 0 Å². The monoisotopic (exact) mass is 398 g/mol. The molecule has 0 spiro atoms. The number of methoxy groups -OCH3 is 1. The molecule has 0 saturated heterocycles. The lowest BCUT2D eigenvalue weighted by molar-refractivity contribution is -0.136. The summed E-state index contributed by atoms with van der Waals surface area (Å²) in [4.78, 5) is 12.1. The Morgan fingerprint density at radius 2 is 1.85 bits per heavy atom. The Labute approximate surface area is 159 Å². The van der Waals surface area contributed by atoms with Crippen LogP contribution < -0.4 is 15.4 Å². The maximum Gasteiger partial charge on any atom is 0.418 e. The van der Waals surface area contributed by atoms with E-state index in [1.54, 1.807) is 7.11 Å². The molecule has 1 aliphatic carbocycles. The van der Waals surface area contributed by atoms with Crippen LogP contribution >= 0.6 is 11.6 Å². The number of amides is 2. The number of carbonyl (C=O) groups is 1. The van der Waals surface area contributed by atoms with Gasteiger partial charge in [0.25, 0.3) is 0 Å². The second kappa shape index (κ2) is 7.31. The van der Waals surface area contributed by atoms with Gasteiger partial charge in [0.05, 0.1) is 18.4 Å². The Hall–Kier alpha value is -2.41. The molecule has 144 valence electrons. The van der Waals surface area contributed by atoms with E-state index in [2.05, 4.69) is 10.6 Å². The molecule has 2 aromatic rings. The van der Waals surface area contributed by atoms with Gasteiger partial charge in [0, 0.05) is 17.0 Å². The number of halogens is 4. The van der Waals surface area contributed by atoms with E-state index in [-0.39, 0.29) is 16.1 Å². The van der Waals surface area contributed by atoms with Gasteiger partial charge >= 0.3 is 12.2 Å². The summed E-state index contributed by atoms with van der Waals surface area (Å²) in [6.07, 6.45) is -2.82. The lowest BCUT2D eigenvalue weighted by atomic mass is 9.96. The predicted octanol–water partition coefficient (Wildman–Crippen LogP) is 5.22. The van der Waals surface area contributed by atoms with Crippen LogP contribution in [0.25, 0.3) is 0 Å². The van der Waals surface area contributed by atoms with Crippen LogP contribution in [0.15, 0.2) is 42.5 Å². The van der Waals surface area contributed by atoms with Crippen LogP contribution in [-0.4, -0.2) is 19.7 Å². The Morgan fingerprint density at radius 1 is 1.19 bits per heavy atom. The van der Waals surface area contributed by atoms with Gasteiger partial charge in [-0.2, -0.15) is 13.2 Å². The van der Waals surface area contributed by atoms with E-state index in [0.717, 1.165) is 36.3 Å². The van der Waals surface area contributed by atoms with Crippen LogP contribution in [0.2, 0.25) is 5.02 Å². The molecule has 4 nitrogen and oxygen atoms in total. The first-order valence-corrected chi connectivity index (χ1v) is 8.67. The molecule has 0 atom stereocenters. The highest BCUT2D eigenvalue weighted by atomic mass is 35.5. The van der Waals surface area contributed by atoms with E-state index in [0.29, 0.717) is 6.54 Å². The molecule has 1 aliphatic rings. The smallest absolute Gasteiger partial charge is 0.418 e. The van der Waals surface area contributed by atoms with E-state index in [4.69, 9.17) is 16.3 Å². The van der Waals surface area contributed by atoms with Gasteiger partial charge in [-0.25, -0.2) is 4.79 Å². The molecule has 27 heavy (non-hydrogen) atoms. The normalized spacial score (nSPS) is 15.1. The van der Waals surface area contributed by atoms with E-state index < -0.39 is 17.8 Å². The molecule has 0 aromatic heterocycles. The molecule has 3 rings (SSSR count). The summed E-state index contributed by atoms with van der Waals surface area (Å²) < 4.78 is 44.5. The van der Waals surface area contributed by atoms with Crippen molar-refractivity contribution in [3.8, 4) is 5.75 Å². The first-order chi connectivity index (χ1) is 12.7. The molecule has 2 N–H and O–H groups in total. The second-order valence-corrected chi connectivity index (χ2v) is 6.94. The van der Waals surface area contributed by atoms with E-state index >= 15 is 0 Å². The lowest BCUT2D eigenvalue weighted by Crippen LogP contribution is -2.35. The highest BCUT2D eigenvalue weighted by Gasteiger charge is 2.44. The van der Waals surface area contributed by atoms with Crippen molar-refractivity contribution in [2.24, 2.45) is 0 Å². The van der Waals surface area contributed by atoms with Crippen molar-refractivity contribution in [2.45, 2.75) is 24.4 Å². The molecular weight excluding hydrogens is 381 g/mol. The summed E-state index contributed by atoms with van der Waals surface area (Å²) in [5, 5.41) is 4.89. The largest absolute Gasteiger partial charge is 0.497 e. The van der Waals surface area contributed by atoms with Gasteiger partial charge < -0.3 is 15.4 Å². The number of alkyl halides is 3. The first-order valence-electron chi connectivity index (χ1n) is 8.30. The molecule has 2 aromatic carbocycles. The van der Waals surface area contributed by atoms with Crippen molar-refractivity contribution in [1.29, 1.82) is 0 Å². The fourth-order valence-electron chi connectivity index (χ4n) is 2.94. The quantitative estimate of drug-likeness (QED) is 0.725. The Kier molecular flexibility index (Phi) is 5.24. The van der Waals surface area contributed by atoms with Gasteiger partial charge in [-0.15, -0.1) is 0 Å². The first kappa shape index (κ1) is 19.4. The van der Waals surface area contributed by atoms with E-state index in [1.165, 1.54) is 6.07 Å². The number of urea groups is 1. The third-order valence-electron chi connectivity index (χ3n) is 4.68. The number of ether oxygens (including phenoxy) is 1. The summed E-state index contributed by atoms with van der Waals surface area (Å²) in [6, 6.07) is 10.1. The van der Waals surface area contributed by atoms with Crippen molar-refractivity contribution < 1.29 is 22.7 Å². The molecule has 2 amide bonds. The van der Waals surface area contributed by atoms with E-state index in [9.17, 15) is 18.0 Å². The van der Waals surface area contributed by atoms with Gasteiger partial charge in [0.1, 0.15) is 5.75 Å². The zero-order valence-electron chi connectivity index (χ0n) is 14.5. The summed E-state index contributed by atoms with van der Waals surface area (Å²) >= 11 is 5.64. The Morgan fingerprint density at radius 3 is 2.41 bits per heavy atom. The van der Waals surface area contributed by atoms with Gasteiger partial charge in [-0.1, -0.05) is 23.7 Å². The fourth-order valence-corrected chi connectivity index (χ4v) is 3.11. The van der Waals surface area contributed by atoms with Crippen molar-refractivity contribution in [2.75, 3.05) is 19.0 Å². The number of anilines is 1. The third-order valence-corrected chi connectivity index (χ3v) is 4.91. The average molecular weight is 399 g/mol. The van der Waals surface area contributed by atoms with Crippen molar-refractivity contribution in [1.82, 2.24) is 5.32 Å². The van der Waals surface area contributed by atoms with Crippen molar-refractivity contribution in [3.05, 3.63) is 58.6 Å². The van der Waals surface area contributed by atoms with E-state index in [1.807, 2.05) is 24.3 Å². The zero-order valence-corrected chi connectivity index (χ0v) is 15.2. The highest BCUT2D eigenvalue weighted by Crippen LogP contribution is 2.48. The fraction of sp³-hybridized carbons (Fsp3) is 0.316. The number of benzene rings is 2. The van der Waals surface area contributed by atoms with Crippen molar-refractivity contribution >= 4 is 23.3 Å². The number of rotatable bonds is 5. The molecule has 1 fully saturated rings. The highest BCUT2D eigenvalue weighted by molar-refractivity contribution is 6.30. The summed E-state index contributed by atoms with van der Waals surface area (Å²) in [6.45, 7) is 0.333. The van der Waals surface area contributed by atoms with Gasteiger partial charge in [-0.05, 0) is 48.7 Å². The SMILES string of the molecule is COc1ccc(C2(CNC(=O)Nc3ccc(Cl)cc3C(F)(F)F)CC2)cc1. The van der Waals surface area contributed by atoms with Gasteiger partial charge in [0.2, 0.25) is 0 Å². The van der Waals surface area contributed by atoms with Crippen LogP contribution in [-0.2, 0) is 11.6 Å². The molecule has 0 radical (unpaired) electrons. The van der Waals surface area contributed by atoms with Crippen LogP contribution in [0.5, 0.6) is 5.75 Å². The molecule has 8 heteroatoms.